The van der Waals surface area contributed by atoms with Gasteiger partial charge in [-0.05, 0) is 23.3 Å². The zero-order valence-corrected chi connectivity index (χ0v) is 11.9. The van der Waals surface area contributed by atoms with E-state index in [0.29, 0.717) is 6.54 Å². The Labute approximate surface area is 124 Å². The number of benzene rings is 2. The fourth-order valence-corrected chi connectivity index (χ4v) is 2.58. The molecule has 4 nitrogen and oxygen atoms in total. The molecule has 1 aliphatic rings. The molecule has 21 heavy (non-hydrogen) atoms. The molecule has 0 aliphatic carbocycles. The average Bonchev–Trinajstić information content (AvgIpc) is 2.56. The van der Waals surface area contributed by atoms with Gasteiger partial charge in [0.15, 0.2) is 0 Å². The van der Waals surface area contributed by atoms with Crippen LogP contribution in [-0.2, 0) is 4.79 Å². The Kier molecular flexibility index (Phi) is 3.88. The second-order valence-corrected chi connectivity index (χ2v) is 5.08. The second kappa shape index (κ2) is 5.97. The lowest BCUT2D eigenvalue weighted by Crippen LogP contribution is -2.49. The Balaban J connectivity index is 1.80. The van der Waals surface area contributed by atoms with E-state index < -0.39 is 0 Å². The molecule has 0 radical (unpaired) electrons. The smallest absolute Gasteiger partial charge is 0.241 e. The van der Waals surface area contributed by atoms with Crippen LogP contribution >= 0.6 is 0 Å². The number of carbonyl (C=O) groups is 1. The van der Waals surface area contributed by atoms with E-state index in [-0.39, 0.29) is 18.0 Å². The molecule has 0 bridgehead atoms. The summed E-state index contributed by atoms with van der Waals surface area (Å²) in [5.74, 6) is 0.851. The number of rotatable bonds is 3. The van der Waals surface area contributed by atoms with Gasteiger partial charge in [0.2, 0.25) is 5.91 Å². The Hall–Kier alpha value is -2.33. The Bertz CT molecular complexity index is 610. The standard InChI is InChI=1S/C17H18N2O2/c1-21-14-9-7-12(8-10-14)15-11-18-17(20)16(19-15)13-5-3-2-4-6-13/h2-10,15-16,19H,11H2,1H3,(H,18,20)/t15-,16-/m0/s1. The van der Waals surface area contributed by atoms with E-state index in [1.54, 1.807) is 7.11 Å². The van der Waals surface area contributed by atoms with Crippen LogP contribution < -0.4 is 15.4 Å². The lowest BCUT2D eigenvalue weighted by molar-refractivity contribution is -0.125. The van der Waals surface area contributed by atoms with Crippen molar-refractivity contribution in [3.05, 3.63) is 65.7 Å². The largest absolute Gasteiger partial charge is 0.497 e. The highest BCUT2D eigenvalue weighted by Gasteiger charge is 2.29. The van der Waals surface area contributed by atoms with Crippen molar-refractivity contribution in [1.82, 2.24) is 10.6 Å². The van der Waals surface area contributed by atoms with Crippen LogP contribution in [0.3, 0.4) is 0 Å². The van der Waals surface area contributed by atoms with Gasteiger partial charge in [0.05, 0.1) is 13.2 Å². The highest BCUT2D eigenvalue weighted by molar-refractivity contribution is 5.84. The van der Waals surface area contributed by atoms with Crippen molar-refractivity contribution in [2.45, 2.75) is 12.1 Å². The normalized spacial score (nSPS) is 21.7. The molecule has 1 saturated heterocycles. The highest BCUT2D eigenvalue weighted by atomic mass is 16.5. The molecule has 1 amide bonds. The van der Waals surface area contributed by atoms with E-state index in [4.69, 9.17) is 4.74 Å². The molecular formula is C17H18N2O2. The third-order valence-electron chi connectivity index (χ3n) is 3.76. The molecule has 2 N–H and O–H groups in total. The molecule has 0 saturated carbocycles. The maximum Gasteiger partial charge on any atom is 0.241 e. The summed E-state index contributed by atoms with van der Waals surface area (Å²) in [6, 6.07) is 17.5. The number of methoxy groups -OCH3 is 1. The fraction of sp³-hybridized carbons (Fsp3) is 0.235. The Morgan fingerprint density at radius 1 is 1.00 bits per heavy atom. The number of hydrogen-bond donors (Lipinski definition) is 2. The van der Waals surface area contributed by atoms with Crippen LogP contribution in [0.5, 0.6) is 5.75 Å². The maximum atomic E-state index is 12.1. The predicted molar refractivity (Wildman–Crippen MR) is 81.1 cm³/mol. The van der Waals surface area contributed by atoms with E-state index in [1.165, 1.54) is 0 Å². The van der Waals surface area contributed by atoms with Gasteiger partial charge in [0, 0.05) is 6.54 Å². The molecule has 4 heteroatoms. The molecule has 1 fully saturated rings. The van der Waals surface area contributed by atoms with E-state index in [1.807, 2.05) is 54.6 Å². The Morgan fingerprint density at radius 2 is 1.71 bits per heavy atom. The molecule has 2 aromatic rings. The molecule has 1 heterocycles. The van der Waals surface area contributed by atoms with Gasteiger partial charge in [0.1, 0.15) is 11.8 Å². The van der Waals surface area contributed by atoms with E-state index in [2.05, 4.69) is 10.6 Å². The summed E-state index contributed by atoms with van der Waals surface area (Å²) in [4.78, 5) is 12.1. The van der Waals surface area contributed by atoms with Gasteiger partial charge in [-0.3, -0.25) is 10.1 Å². The summed E-state index contributed by atoms with van der Waals surface area (Å²) >= 11 is 0. The lowest BCUT2D eigenvalue weighted by atomic mass is 9.98. The van der Waals surface area contributed by atoms with Gasteiger partial charge in [-0.1, -0.05) is 42.5 Å². The first kappa shape index (κ1) is 13.6. The van der Waals surface area contributed by atoms with Gasteiger partial charge < -0.3 is 10.1 Å². The molecule has 3 rings (SSSR count). The van der Waals surface area contributed by atoms with Crippen molar-refractivity contribution in [2.24, 2.45) is 0 Å². The highest BCUT2D eigenvalue weighted by Crippen LogP contribution is 2.24. The molecular weight excluding hydrogens is 264 g/mol. The van der Waals surface area contributed by atoms with Crippen molar-refractivity contribution < 1.29 is 9.53 Å². The number of carbonyl (C=O) groups excluding carboxylic acids is 1. The molecule has 1 aliphatic heterocycles. The monoisotopic (exact) mass is 282 g/mol. The molecule has 0 aromatic heterocycles. The van der Waals surface area contributed by atoms with Crippen molar-refractivity contribution in [2.75, 3.05) is 13.7 Å². The maximum absolute atomic E-state index is 12.1. The zero-order chi connectivity index (χ0) is 14.7. The third-order valence-corrected chi connectivity index (χ3v) is 3.76. The minimum atomic E-state index is -0.313. The SMILES string of the molecule is COc1ccc([C@@H]2CNC(=O)[C@H](c3ccccc3)N2)cc1. The predicted octanol–water partition coefficient (Wildman–Crippen LogP) is 2.20. The molecule has 108 valence electrons. The summed E-state index contributed by atoms with van der Waals surface area (Å²) in [7, 11) is 1.65. The average molecular weight is 282 g/mol. The van der Waals surface area contributed by atoms with Crippen molar-refractivity contribution in [3.63, 3.8) is 0 Å². The van der Waals surface area contributed by atoms with Gasteiger partial charge in [0.25, 0.3) is 0 Å². The summed E-state index contributed by atoms with van der Waals surface area (Å²) in [5.41, 5.74) is 2.12. The van der Waals surface area contributed by atoms with Gasteiger partial charge in [-0.2, -0.15) is 0 Å². The fourth-order valence-electron chi connectivity index (χ4n) is 2.58. The molecule has 0 spiro atoms. The minimum Gasteiger partial charge on any atom is -0.497 e. The van der Waals surface area contributed by atoms with Crippen LogP contribution in [0.2, 0.25) is 0 Å². The van der Waals surface area contributed by atoms with Crippen LogP contribution in [0.15, 0.2) is 54.6 Å². The first-order valence-corrected chi connectivity index (χ1v) is 7.00. The van der Waals surface area contributed by atoms with E-state index in [0.717, 1.165) is 16.9 Å². The van der Waals surface area contributed by atoms with E-state index in [9.17, 15) is 4.79 Å². The number of ether oxygens (including phenoxy) is 1. The number of hydrogen-bond acceptors (Lipinski definition) is 3. The summed E-state index contributed by atoms with van der Waals surface area (Å²) in [5, 5.41) is 6.40. The molecule has 2 aromatic carbocycles. The van der Waals surface area contributed by atoms with Crippen molar-refractivity contribution >= 4 is 5.91 Å². The zero-order valence-electron chi connectivity index (χ0n) is 11.9. The number of nitrogens with one attached hydrogen (secondary N) is 2. The van der Waals surface area contributed by atoms with Crippen LogP contribution in [0.1, 0.15) is 23.2 Å². The van der Waals surface area contributed by atoms with Crippen LogP contribution in [0.25, 0.3) is 0 Å². The summed E-state index contributed by atoms with van der Waals surface area (Å²) in [6.07, 6.45) is 0. The van der Waals surface area contributed by atoms with Crippen LogP contribution in [0, 0.1) is 0 Å². The third kappa shape index (κ3) is 2.90. The van der Waals surface area contributed by atoms with Crippen molar-refractivity contribution in [3.8, 4) is 5.75 Å². The first-order chi connectivity index (χ1) is 10.3. The first-order valence-electron chi connectivity index (χ1n) is 7.00. The molecule has 2 atom stereocenters. The van der Waals surface area contributed by atoms with E-state index >= 15 is 0 Å². The van der Waals surface area contributed by atoms with Gasteiger partial charge >= 0.3 is 0 Å². The minimum absolute atomic E-state index is 0.0194. The van der Waals surface area contributed by atoms with Gasteiger partial charge in [-0.15, -0.1) is 0 Å². The van der Waals surface area contributed by atoms with Crippen LogP contribution in [-0.4, -0.2) is 19.6 Å². The Morgan fingerprint density at radius 3 is 2.38 bits per heavy atom. The molecule has 0 unspecified atom stereocenters. The van der Waals surface area contributed by atoms with Crippen molar-refractivity contribution in [1.29, 1.82) is 0 Å². The van der Waals surface area contributed by atoms with Gasteiger partial charge in [-0.25, -0.2) is 0 Å². The number of amides is 1. The summed E-state index contributed by atoms with van der Waals surface area (Å²) in [6.45, 7) is 0.592. The lowest BCUT2D eigenvalue weighted by Gasteiger charge is -2.31. The number of piperazine rings is 1. The van der Waals surface area contributed by atoms with Crippen LogP contribution in [0.4, 0.5) is 0 Å². The second-order valence-electron chi connectivity index (χ2n) is 5.08. The quantitative estimate of drug-likeness (QED) is 0.907. The summed E-state index contributed by atoms with van der Waals surface area (Å²) < 4.78 is 5.17. The topological polar surface area (TPSA) is 50.4 Å².